The number of hydrogen-bond donors (Lipinski definition) is 1. The Kier molecular flexibility index (Phi) is 4.51. The summed E-state index contributed by atoms with van der Waals surface area (Å²) < 4.78 is 9.49. The first-order valence-electron chi connectivity index (χ1n) is 5.11. The Morgan fingerprint density at radius 2 is 1.76 bits per heavy atom. The van der Waals surface area contributed by atoms with Gasteiger partial charge in [-0.05, 0) is 31.2 Å². The summed E-state index contributed by atoms with van der Waals surface area (Å²) in [6.45, 7) is 1.56. The Hall–Kier alpha value is -2.04. The van der Waals surface area contributed by atoms with Crippen LogP contribution < -0.4 is 10.1 Å². The predicted molar refractivity (Wildman–Crippen MR) is 61.9 cm³/mol. The molecule has 0 aliphatic rings. The molecule has 92 valence electrons. The van der Waals surface area contributed by atoms with Crippen LogP contribution in [0.15, 0.2) is 24.3 Å². The van der Waals surface area contributed by atoms with Gasteiger partial charge in [0.1, 0.15) is 11.8 Å². The van der Waals surface area contributed by atoms with Gasteiger partial charge in [0.05, 0.1) is 14.2 Å². The number of hydrogen-bond acceptors (Lipinski definition) is 4. The molecule has 0 heterocycles. The van der Waals surface area contributed by atoms with Crippen molar-refractivity contribution in [1.82, 2.24) is 5.32 Å². The molecule has 0 spiro atoms. The Balaban J connectivity index is 2.66. The van der Waals surface area contributed by atoms with Crippen molar-refractivity contribution in [1.29, 1.82) is 0 Å². The van der Waals surface area contributed by atoms with Crippen LogP contribution in [0.1, 0.15) is 17.3 Å². The number of nitrogens with one attached hydrogen (secondary N) is 1. The fourth-order valence-corrected chi connectivity index (χ4v) is 1.26. The lowest BCUT2D eigenvalue weighted by molar-refractivity contribution is -0.142. The third kappa shape index (κ3) is 3.48. The molecule has 1 atom stereocenters. The normalized spacial score (nSPS) is 11.5. The third-order valence-electron chi connectivity index (χ3n) is 2.25. The predicted octanol–water partition coefficient (Wildman–Crippen LogP) is 0.986. The second-order valence-electron chi connectivity index (χ2n) is 3.45. The van der Waals surface area contributed by atoms with Crippen LogP contribution in [0.25, 0.3) is 0 Å². The zero-order chi connectivity index (χ0) is 12.8. The standard InChI is InChI=1S/C12H15NO4/c1-8(12(15)17-3)13-11(14)9-4-6-10(16-2)7-5-9/h4-8H,1-3H3,(H,13,14)/t8-/m1/s1. The van der Waals surface area contributed by atoms with Gasteiger partial charge in [-0.25, -0.2) is 4.79 Å². The molecule has 0 bridgehead atoms. The lowest BCUT2D eigenvalue weighted by atomic mass is 10.2. The molecule has 0 unspecified atom stereocenters. The second kappa shape index (κ2) is 5.89. The number of carbonyl (C=O) groups is 2. The minimum atomic E-state index is -0.672. The van der Waals surface area contributed by atoms with Crippen LogP contribution in [-0.2, 0) is 9.53 Å². The van der Waals surface area contributed by atoms with Gasteiger partial charge in [-0.3, -0.25) is 4.79 Å². The van der Waals surface area contributed by atoms with Gasteiger partial charge in [0.15, 0.2) is 0 Å². The summed E-state index contributed by atoms with van der Waals surface area (Å²) in [5.74, 6) is -0.139. The highest BCUT2D eigenvalue weighted by Crippen LogP contribution is 2.11. The maximum Gasteiger partial charge on any atom is 0.328 e. The zero-order valence-electron chi connectivity index (χ0n) is 10.0. The van der Waals surface area contributed by atoms with Crippen LogP contribution >= 0.6 is 0 Å². The maximum atomic E-state index is 11.7. The molecular weight excluding hydrogens is 222 g/mol. The number of amides is 1. The molecular formula is C12H15NO4. The summed E-state index contributed by atoms with van der Waals surface area (Å²) >= 11 is 0. The molecule has 5 nitrogen and oxygen atoms in total. The van der Waals surface area contributed by atoms with Gasteiger partial charge in [0, 0.05) is 5.56 Å². The molecule has 1 N–H and O–H groups in total. The largest absolute Gasteiger partial charge is 0.497 e. The number of esters is 1. The summed E-state index contributed by atoms with van der Waals surface area (Å²) in [5, 5.41) is 2.53. The molecule has 0 saturated heterocycles. The van der Waals surface area contributed by atoms with Crippen LogP contribution in [0.2, 0.25) is 0 Å². The van der Waals surface area contributed by atoms with Crippen LogP contribution in [0.5, 0.6) is 5.75 Å². The number of methoxy groups -OCH3 is 2. The van der Waals surface area contributed by atoms with Crippen molar-refractivity contribution in [2.45, 2.75) is 13.0 Å². The van der Waals surface area contributed by atoms with Crippen molar-refractivity contribution in [3.63, 3.8) is 0 Å². The van der Waals surface area contributed by atoms with Gasteiger partial charge in [-0.2, -0.15) is 0 Å². The van der Waals surface area contributed by atoms with Gasteiger partial charge < -0.3 is 14.8 Å². The Bertz CT molecular complexity index is 399. The van der Waals surface area contributed by atoms with E-state index >= 15 is 0 Å². The molecule has 0 aromatic heterocycles. The van der Waals surface area contributed by atoms with Gasteiger partial charge in [-0.1, -0.05) is 0 Å². The number of benzene rings is 1. The summed E-state index contributed by atoms with van der Waals surface area (Å²) in [6, 6.07) is 5.93. The summed E-state index contributed by atoms with van der Waals surface area (Å²) in [5.41, 5.74) is 0.460. The fraction of sp³-hybridized carbons (Fsp3) is 0.333. The smallest absolute Gasteiger partial charge is 0.328 e. The van der Waals surface area contributed by atoms with Gasteiger partial charge in [0.25, 0.3) is 5.91 Å². The molecule has 1 rings (SSSR count). The van der Waals surface area contributed by atoms with Gasteiger partial charge >= 0.3 is 5.97 Å². The van der Waals surface area contributed by atoms with Crippen LogP contribution in [0, 0.1) is 0 Å². The van der Waals surface area contributed by atoms with E-state index < -0.39 is 12.0 Å². The molecule has 1 aromatic carbocycles. The van der Waals surface area contributed by atoms with E-state index in [1.165, 1.54) is 7.11 Å². The van der Waals surface area contributed by atoms with Crippen LogP contribution in [0.4, 0.5) is 0 Å². The average molecular weight is 237 g/mol. The lowest BCUT2D eigenvalue weighted by Gasteiger charge is -2.11. The molecule has 0 aliphatic heterocycles. The fourth-order valence-electron chi connectivity index (χ4n) is 1.26. The minimum Gasteiger partial charge on any atom is -0.497 e. The minimum absolute atomic E-state index is 0.328. The van der Waals surface area contributed by atoms with Crippen molar-refractivity contribution in [2.24, 2.45) is 0 Å². The molecule has 0 fully saturated rings. The zero-order valence-corrected chi connectivity index (χ0v) is 10.0. The Morgan fingerprint density at radius 3 is 2.24 bits per heavy atom. The Morgan fingerprint density at radius 1 is 1.18 bits per heavy atom. The van der Waals surface area contributed by atoms with E-state index in [9.17, 15) is 9.59 Å². The number of rotatable bonds is 4. The Labute approximate surface area is 99.7 Å². The highest BCUT2D eigenvalue weighted by atomic mass is 16.5. The first-order chi connectivity index (χ1) is 8.08. The van der Waals surface area contributed by atoms with Crippen molar-refractivity contribution in [2.75, 3.05) is 14.2 Å². The topological polar surface area (TPSA) is 64.6 Å². The van der Waals surface area contributed by atoms with E-state index in [1.54, 1.807) is 38.3 Å². The summed E-state index contributed by atoms with van der Waals surface area (Å²) in [7, 11) is 2.83. The van der Waals surface area contributed by atoms with Crippen molar-refractivity contribution >= 4 is 11.9 Å². The molecule has 5 heteroatoms. The molecule has 0 radical (unpaired) electrons. The van der Waals surface area contributed by atoms with E-state index in [0.717, 1.165) is 0 Å². The van der Waals surface area contributed by atoms with Crippen molar-refractivity contribution < 1.29 is 19.1 Å². The van der Waals surface area contributed by atoms with E-state index in [1.807, 2.05) is 0 Å². The SMILES string of the molecule is COC(=O)[C@@H](C)NC(=O)c1ccc(OC)cc1. The number of ether oxygens (including phenoxy) is 2. The van der Waals surface area contributed by atoms with E-state index in [0.29, 0.717) is 11.3 Å². The first-order valence-corrected chi connectivity index (χ1v) is 5.11. The van der Waals surface area contributed by atoms with E-state index in [-0.39, 0.29) is 5.91 Å². The number of carbonyl (C=O) groups excluding carboxylic acids is 2. The molecule has 1 aromatic rings. The molecule has 0 aliphatic carbocycles. The van der Waals surface area contributed by atoms with Gasteiger partial charge in [0.2, 0.25) is 0 Å². The summed E-state index contributed by atoms with van der Waals surface area (Å²) in [4.78, 5) is 22.8. The monoisotopic (exact) mass is 237 g/mol. The first kappa shape index (κ1) is 13.0. The lowest BCUT2D eigenvalue weighted by Crippen LogP contribution is -2.39. The molecule has 0 saturated carbocycles. The van der Waals surface area contributed by atoms with Crippen molar-refractivity contribution in [3.05, 3.63) is 29.8 Å². The summed E-state index contributed by atoms with van der Waals surface area (Å²) in [6.07, 6.45) is 0. The van der Waals surface area contributed by atoms with Gasteiger partial charge in [-0.15, -0.1) is 0 Å². The molecule has 17 heavy (non-hydrogen) atoms. The van der Waals surface area contributed by atoms with Crippen LogP contribution in [0.3, 0.4) is 0 Å². The maximum absolute atomic E-state index is 11.7. The van der Waals surface area contributed by atoms with E-state index in [2.05, 4.69) is 10.1 Å². The van der Waals surface area contributed by atoms with Crippen LogP contribution in [-0.4, -0.2) is 32.1 Å². The molecule has 1 amide bonds. The highest BCUT2D eigenvalue weighted by molar-refractivity contribution is 5.96. The third-order valence-corrected chi connectivity index (χ3v) is 2.25. The average Bonchev–Trinajstić information content (AvgIpc) is 2.37. The quantitative estimate of drug-likeness (QED) is 0.793. The van der Waals surface area contributed by atoms with Crippen molar-refractivity contribution in [3.8, 4) is 5.75 Å². The highest BCUT2D eigenvalue weighted by Gasteiger charge is 2.16. The van der Waals surface area contributed by atoms with E-state index in [4.69, 9.17) is 4.74 Å². The second-order valence-corrected chi connectivity index (χ2v) is 3.45.